The molecule has 0 bridgehead atoms. The van der Waals surface area contributed by atoms with Gasteiger partial charge in [-0.15, -0.1) is 0 Å². The molecule has 6 nitrogen and oxygen atoms in total. The first-order valence-electron chi connectivity index (χ1n) is 9.78. The number of nitrogens with zero attached hydrogens (tertiary/aromatic N) is 2. The van der Waals surface area contributed by atoms with Gasteiger partial charge < -0.3 is 15.0 Å². The summed E-state index contributed by atoms with van der Waals surface area (Å²) in [7, 11) is -3.49. The molecule has 3 rings (SSSR count). The molecule has 1 fully saturated rings. The van der Waals surface area contributed by atoms with Crippen molar-refractivity contribution in [3.05, 3.63) is 60.2 Å². The third-order valence-corrected chi connectivity index (χ3v) is 6.98. The largest absolute Gasteiger partial charge is 0.379 e. The quantitative estimate of drug-likeness (QED) is 0.676. The highest BCUT2D eigenvalue weighted by atomic mass is 32.2. The predicted octanol–water partition coefficient (Wildman–Crippen LogP) is 3.32. The summed E-state index contributed by atoms with van der Waals surface area (Å²) in [5, 5.41) is 3.86. The van der Waals surface area contributed by atoms with Crippen LogP contribution in [0.5, 0.6) is 0 Å². The van der Waals surface area contributed by atoms with Gasteiger partial charge in [-0.3, -0.25) is 0 Å². The van der Waals surface area contributed by atoms with E-state index in [-0.39, 0.29) is 4.90 Å². The molecular formula is C21H27N3O3S2. The Kier molecular flexibility index (Phi) is 7.60. The lowest BCUT2D eigenvalue weighted by atomic mass is 10.2. The summed E-state index contributed by atoms with van der Waals surface area (Å²) >= 11 is 5.61. The minimum Gasteiger partial charge on any atom is -0.379 e. The first kappa shape index (κ1) is 21.7. The lowest BCUT2D eigenvalue weighted by Crippen LogP contribution is -2.40. The van der Waals surface area contributed by atoms with Crippen LogP contribution in [-0.2, 0) is 21.3 Å². The Morgan fingerprint density at radius 2 is 1.76 bits per heavy atom. The number of hydrogen-bond acceptors (Lipinski definition) is 4. The zero-order valence-corrected chi connectivity index (χ0v) is 18.2. The zero-order chi connectivity index (χ0) is 20.7. The van der Waals surface area contributed by atoms with E-state index in [1.54, 1.807) is 24.3 Å². The van der Waals surface area contributed by atoms with Gasteiger partial charge in [0.05, 0.1) is 18.1 Å². The van der Waals surface area contributed by atoms with Crippen molar-refractivity contribution in [2.75, 3.05) is 38.2 Å². The highest BCUT2D eigenvalue weighted by Gasteiger charge is 2.26. The van der Waals surface area contributed by atoms with Gasteiger partial charge in [-0.2, -0.15) is 4.31 Å². The highest BCUT2D eigenvalue weighted by Crippen LogP contribution is 2.20. The molecule has 8 heteroatoms. The summed E-state index contributed by atoms with van der Waals surface area (Å²) in [6.07, 6.45) is 0.978. The van der Waals surface area contributed by atoms with Gasteiger partial charge in [0, 0.05) is 31.9 Å². The Labute approximate surface area is 178 Å². The molecule has 0 aliphatic carbocycles. The Balaban J connectivity index is 1.66. The third kappa shape index (κ3) is 5.76. The van der Waals surface area contributed by atoms with Crippen molar-refractivity contribution in [2.24, 2.45) is 0 Å². The third-order valence-electron chi connectivity index (χ3n) is 4.71. The molecule has 1 saturated heterocycles. The predicted molar refractivity (Wildman–Crippen MR) is 119 cm³/mol. The van der Waals surface area contributed by atoms with Gasteiger partial charge in [0.1, 0.15) is 0 Å². The standard InChI is InChI=1S/C21H27N3O3S2/c1-2-12-23(17-18-6-4-3-5-7-18)21(28)22-19-8-10-20(11-9-19)29(25,26)24-13-15-27-16-14-24/h3-11H,2,12-17H2,1H3,(H,22,28). The van der Waals surface area contributed by atoms with Gasteiger partial charge in [-0.05, 0) is 48.5 Å². The average molecular weight is 434 g/mol. The Hall–Kier alpha value is -2.00. The smallest absolute Gasteiger partial charge is 0.243 e. The van der Waals surface area contributed by atoms with Crippen LogP contribution in [0, 0.1) is 0 Å². The van der Waals surface area contributed by atoms with E-state index in [9.17, 15) is 8.42 Å². The first-order chi connectivity index (χ1) is 14.0. The number of benzene rings is 2. The van der Waals surface area contributed by atoms with Crippen molar-refractivity contribution in [3.63, 3.8) is 0 Å². The van der Waals surface area contributed by atoms with Crippen molar-refractivity contribution in [2.45, 2.75) is 24.8 Å². The molecule has 0 saturated carbocycles. The summed E-state index contributed by atoms with van der Waals surface area (Å²) in [6.45, 7) is 5.32. The van der Waals surface area contributed by atoms with Crippen LogP contribution in [0.1, 0.15) is 18.9 Å². The molecule has 29 heavy (non-hydrogen) atoms. The average Bonchev–Trinajstić information content (AvgIpc) is 2.75. The molecule has 1 aliphatic rings. The van der Waals surface area contributed by atoms with E-state index in [0.29, 0.717) is 31.4 Å². The molecule has 1 heterocycles. The minimum absolute atomic E-state index is 0.283. The van der Waals surface area contributed by atoms with E-state index in [0.717, 1.165) is 25.2 Å². The topological polar surface area (TPSA) is 61.9 Å². The number of nitrogens with one attached hydrogen (secondary N) is 1. The van der Waals surface area contributed by atoms with Crippen molar-refractivity contribution in [1.29, 1.82) is 0 Å². The molecular weight excluding hydrogens is 406 g/mol. The van der Waals surface area contributed by atoms with E-state index in [1.165, 1.54) is 9.87 Å². The maximum atomic E-state index is 12.7. The monoisotopic (exact) mass is 433 g/mol. The lowest BCUT2D eigenvalue weighted by Gasteiger charge is -2.27. The molecule has 0 spiro atoms. The van der Waals surface area contributed by atoms with E-state index < -0.39 is 10.0 Å². The van der Waals surface area contributed by atoms with Crippen molar-refractivity contribution >= 4 is 33.0 Å². The number of thiocarbonyl (C=S) groups is 1. The molecule has 2 aromatic rings. The van der Waals surface area contributed by atoms with Gasteiger partial charge in [0.15, 0.2) is 5.11 Å². The Bertz CT molecular complexity index is 897. The number of anilines is 1. The number of rotatable bonds is 7. The van der Waals surface area contributed by atoms with Crippen LogP contribution < -0.4 is 5.32 Å². The van der Waals surface area contributed by atoms with Crippen molar-refractivity contribution in [1.82, 2.24) is 9.21 Å². The van der Waals surface area contributed by atoms with Gasteiger partial charge in [0.25, 0.3) is 0 Å². The van der Waals surface area contributed by atoms with Crippen molar-refractivity contribution < 1.29 is 13.2 Å². The Morgan fingerprint density at radius 3 is 2.38 bits per heavy atom. The maximum absolute atomic E-state index is 12.7. The molecule has 0 amide bonds. The van der Waals surface area contributed by atoms with E-state index >= 15 is 0 Å². The summed E-state index contributed by atoms with van der Waals surface area (Å²) in [5.74, 6) is 0. The molecule has 1 N–H and O–H groups in total. The molecule has 156 valence electrons. The van der Waals surface area contributed by atoms with E-state index in [2.05, 4.69) is 29.3 Å². The number of morpholine rings is 1. The highest BCUT2D eigenvalue weighted by molar-refractivity contribution is 7.89. The Morgan fingerprint density at radius 1 is 1.10 bits per heavy atom. The molecule has 0 atom stereocenters. The van der Waals surface area contributed by atoms with Crippen LogP contribution >= 0.6 is 12.2 Å². The van der Waals surface area contributed by atoms with Gasteiger partial charge >= 0.3 is 0 Å². The zero-order valence-electron chi connectivity index (χ0n) is 16.6. The molecule has 1 aliphatic heterocycles. The second-order valence-corrected chi connectivity index (χ2v) is 9.20. The maximum Gasteiger partial charge on any atom is 0.243 e. The van der Waals surface area contributed by atoms with Crippen LogP contribution in [0.2, 0.25) is 0 Å². The second-order valence-electron chi connectivity index (χ2n) is 6.88. The summed E-state index contributed by atoms with van der Waals surface area (Å²) < 4.78 is 32.2. The van der Waals surface area contributed by atoms with Gasteiger partial charge in [0.2, 0.25) is 10.0 Å². The minimum atomic E-state index is -3.49. The first-order valence-corrected chi connectivity index (χ1v) is 11.6. The summed E-state index contributed by atoms with van der Waals surface area (Å²) in [6, 6.07) is 16.9. The summed E-state index contributed by atoms with van der Waals surface area (Å²) in [4.78, 5) is 2.40. The molecule has 0 aromatic heterocycles. The van der Waals surface area contributed by atoms with Crippen molar-refractivity contribution in [3.8, 4) is 0 Å². The number of sulfonamides is 1. The van der Waals surface area contributed by atoms with Crippen LogP contribution in [0.15, 0.2) is 59.5 Å². The fraction of sp³-hybridized carbons (Fsp3) is 0.381. The van der Waals surface area contributed by atoms with Crippen LogP contribution in [0.4, 0.5) is 5.69 Å². The van der Waals surface area contributed by atoms with Gasteiger partial charge in [-0.1, -0.05) is 37.3 Å². The normalized spacial score (nSPS) is 15.1. The van der Waals surface area contributed by atoms with E-state index in [1.807, 2.05) is 18.2 Å². The van der Waals surface area contributed by atoms with Crippen LogP contribution in [-0.4, -0.2) is 55.6 Å². The van der Waals surface area contributed by atoms with Gasteiger partial charge in [-0.25, -0.2) is 8.42 Å². The molecule has 2 aromatic carbocycles. The molecule has 0 unspecified atom stereocenters. The fourth-order valence-electron chi connectivity index (χ4n) is 3.17. The fourth-order valence-corrected chi connectivity index (χ4v) is 4.86. The lowest BCUT2D eigenvalue weighted by molar-refractivity contribution is 0.0730. The van der Waals surface area contributed by atoms with Crippen LogP contribution in [0.3, 0.4) is 0 Å². The molecule has 0 radical (unpaired) electrons. The SMILES string of the molecule is CCCN(Cc1ccccc1)C(=S)Nc1ccc(S(=O)(=O)N2CCOCC2)cc1. The van der Waals surface area contributed by atoms with Crippen LogP contribution in [0.25, 0.3) is 0 Å². The number of ether oxygens (including phenoxy) is 1. The van der Waals surface area contributed by atoms with E-state index in [4.69, 9.17) is 17.0 Å². The second kappa shape index (κ2) is 10.2. The number of hydrogen-bond donors (Lipinski definition) is 1. The summed E-state index contributed by atoms with van der Waals surface area (Å²) in [5.41, 5.74) is 1.96.